The smallest absolute Gasteiger partial charge is 0.198 e. The van der Waals surface area contributed by atoms with E-state index in [-0.39, 0.29) is 0 Å². The van der Waals surface area contributed by atoms with Gasteiger partial charge in [0.2, 0.25) is 0 Å². The molecule has 122 valence electrons. The minimum Gasteiger partial charge on any atom is -0.356 e. The first-order valence-corrected chi connectivity index (χ1v) is 8.29. The summed E-state index contributed by atoms with van der Waals surface area (Å²) in [6, 6.07) is 14.4. The molecule has 0 saturated heterocycles. The van der Waals surface area contributed by atoms with Crippen LogP contribution in [0.5, 0.6) is 0 Å². The van der Waals surface area contributed by atoms with Gasteiger partial charge in [-0.15, -0.1) is 10.2 Å². The monoisotopic (exact) mass is 320 g/mol. The molecule has 1 N–H and O–H groups in total. The first-order valence-electron chi connectivity index (χ1n) is 8.29. The Morgan fingerprint density at radius 1 is 1.17 bits per heavy atom. The van der Waals surface area contributed by atoms with E-state index in [0.717, 1.165) is 36.9 Å². The number of hydrogen-bond acceptors (Lipinski definition) is 3. The predicted molar refractivity (Wildman–Crippen MR) is 95.3 cm³/mol. The van der Waals surface area contributed by atoms with Gasteiger partial charge in [-0.2, -0.15) is 0 Å². The molecule has 1 aromatic carbocycles. The van der Waals surface area contributed by atoms with E-state index >= 15 is 0 Å². The van der Waals surface area contributed by atoms with Crippen LogP contribution in [0, 0.1) is 0 Å². The Bertz CT molecular complexity index is 882. The summed E-state index contributed by atoms with van der Waals surface area (Å²) in [4.78, 5) is 7.05. The van der Waals surface area contributed by atoms with Crippen molar-refractivity contribution in [3.63, 3.8) is 0 Å². The maximum Gasteiger partial charge on any atom is 0.198 e. The molecule has 6 nitrogen and oxygen atoms in total. The molecule has 0 amide bonds. The zero-order chi connectivity index (χ0) is 16.4. The summed E-state index contributed by atoms with van der Waals surface area (Å²) < 4.78 is 1.98. The van der Waals surface area contributed by atoms with Crippen LogP contribution >= 0.6 is 0 Å². The second-order valence-corrected chi connectivity index (χ2v) is 5.75. The molecule has 1 aliphatic rings. The van der Waals surface area contributed by atoms with Crippen LogP contribution in [-0.2, 0) is 13.0 Å². The molecule has 0 unspecified atom stereocenters. The molecule has 3 heterocycles. The minimum atomic E-state index is 0.492. The third kappa shape index (κ3) is 2.60. The van der Waals surface area contributed by atoms with E-state index in [1.807, 2.05) is 28.8 Å². The van der Waals surface area contributed by atoms with Gasteiger partial charge in [0.05, 0.1) is 0 Å². The largest absolute Gasteiger partial charge is 0.356 e. The van der Waals surface area contributed by atoms with Gasteiger partial charge in [0.15, 0.2) is 17.4 Å². The van der Waals surface area contributed by atoms with E-state index < -0.39 is 0 Å². The van der Waals surface area contributed by atoms with Gasteiger partial charge in [0.1, 0.15) is 6.54 Å². The second-order valence-electron chi connectivity index (χ2n) is 5.75. The first-order chi connectivity index (χ1) is 11.9. The number of guanidine groups is 1. The van der Waals surface area contributed by atoms with Crippen molar-refractivity contribution in [2.45, 2.75) is 19.9 Å². The van der Waals surface area contributed by atoms with Crippen LogP contribution in [0.2, 0.25) is 0 Å². The summed E-state index contributed by atoms with van der Waals surface area (Å²) in [5.41, 5.74) is 3.46. The molecule has 4 rings (SSSR count). The molecule has 0 spiro atoms. The highest BCUT2D eigenvalue weighted by atomic mass is 15.3. The number of benzene rings is 1. The molecule has 0 bridgehead atoms. The van der Waals surface area contributed by atoms with E-state index in [1.165, 1.54) is 11.3 Å². The lowest BCUT2D eigenvalue weighted by molar-refractivity contribution is 0.842. The Morgan fingerprint density at radius 3 is 2.96 bits per heavy atom. The molecule has 3 aromatic rings. The molecule has 2 aromatic heterocycles. The zero-order valence-corrected chi connectivity index (χ0v) is 13.7. The fraction of sp³-hybridized carbons (Fsp3) is 0.278. The molecule has 6 heteroatoms. The fourth-order valence-corrected chi connectivity index (χ4v) is 3.10. The number of fused-ring (bicyclic) bond motifs is 2. The Labute approximate surface area is 140 Å². The van der Waals surface area contributed by atoms with Crippen LogP contribution in [0.15, 0.2) is 53.7 Å². The molecule has 0 fully saturated rings. The van der Waals surface area contributed by atoms with Gasteiger partial charge in [0.25, 0.3) is 0 Å². The van der Waals surface area contributed by atoms with E-state index in [2.05, 4.69) is 51.6 Å². The quantitative estimate of drug-likeness (QED) is 0.594. The van der Waals surface area contributed by atoms with Crippen molar-refractivity contribution in [2.75, 3.05) is 18.0 Å². The Balaban J connectivity index is 1.63. The van der Waals surface area contributed by atoms with Crippen molar-refractivity contribution in [3.05, 3.63) is 60.0 Å². The number of aromatic nitrogens is 3. The normalized spacial score (nSPS) is 14.2. The van der Waals surface area contributed by atoms with Gasteiger partial charge in [0, 0.05) is 25.0 Å². The first kappa shape index (κ1) is 14.7. The lowest BCUT2D eigenvalue weighted by atomic mass is 10.2. The molecule has 0 saturated carbocycles. The molecule has 0 aliphatic carbocycles. The summed E-state index contributed by atoms with van der Waals surface area (Å²) in [5, 5.41) is 11.8. The van der Waals surface area contributed by atoms with Crippen LogP contribution in [0.1, 0.15) is 18.3 Å². The molecule has 0 atom stereocenters. The standard InChI is InChI=1S/C18H20N6/c1-2-19-18(23-12-10-14-7-3-4-8-15(14)23)20-13-17-22-21-16-9-5-6-11-24(16)17/h3-9,11H,2,10,12-13H2,1H3,(H,19,20). The number of aliphatic imine (C=N–C) groups is 1. The van der Waals surface area contributed by atoms with Crippen LogP contribution in [0.25, 0.3) is 5.65 Å². The topological polar surface area (TPSA) is 57.8 Å². The highest BCUT2D eigenvalue weighted by Crippen LogP contribution is 2.27. The van der Waals surface area contributed by atoms with Gasteiger partial charge in [-0.05, 0) is 37.1 Å². The number of anilines is 1. The van der Waals surface area contributed by atoms with Crippen molar-refractivity contribution in [3.8, 4) is 0 Å². The Morgan fingerprint density at radius 2 is 2.04 bits per heavy atom. The summed E-state index contributed by atoms with van der Waals surface area (Å²) in [5.74, 6) is 1.74. The van der Waals surface area contributed by atoms with E-state index in [9.17, 15) is 0 Å². The zero-order valence-electron chi connectivity index (χ0n) is 13.7. The maximum atomic E-state index is 4.80. The van der Waals surface area contributed by atoms with Crippen LogP contribution < -0.4 is 10.2 Å². The van der Waals surface area contributed by atoms with Crippen molar-refractivity contribution in [1.29, 1.82) is 0 Å². The predicted octanol–water partition coefficient (Wildman–Crippen LogP) is 2.26. The second kappa shape index (κ2) is 6.31. The van der Waals surface area contributed by atoms with Crippen molar-refractivity contribution >= 4 is 17.3 Å². The van der Waals surface area contributed by atoms with Crippen molar-refractivity contribution < 1.29 is 0 Å². The third-order valence-electron chi connectivity index (χ3n) is 4.23. The van der Waals surface area contributed by atoms with E-state index in [1.54, 1.807) is 0 Å². The third-order valence-corrected chi connectivity index (χ3v) is 4.23. The van der Waals surface area contributed by atoms with Gasteiger partial charge in [-0.25, -0.2) is 4.99 Å². The van der Waals surface area contributed by atoms with Crippen LogP contribution in [0.4, 0.5) is 5.69 Å². The fourth-order valence-electron chi connectivity index (χ4n) is 3.10. The highest BCUT2D eigenvalue weighted by molar-refractivity contribution is 5.97. The van der Waals surface area contributed by atoms with Crippen LogP contribution in [-0.4, -0.2) is 33.6 Å². The molecule has 1 aliphatic heterocycles. The maximum absolute atomic E-state index is 4.80. The minimum absolute atomic E-state index is 0.492. The van der Waals surface area contributed by atoms with Crippen molar-refractivity contribution in [2.24, 2.45) is 4.99 Å². The number of hydrogen-bond donors (Lipinski definition) is 1. The number of rotatable bonds is 3. The van der Waals surface area contributed by atoms with Crippen LogP contribution in [0.3, 0.4) is 0 Å². The Kier molecular flexibility index (Phi) is 3.86. The highest BCUT2D eigenvalue weighted by Gasteiger charge is 2.22. The lowest BCUT2D eigenvalue weighted by Gasteiger charge is -2.22. The average Bonchev–Trinajstić information content (AvgIpc) is 3.23. The summed E-state index contributed by atoms with van der Waals surface area (Å²) in [6.45, 7) is 4.36. The molecule has 0 radical (unpaired) electrons. The summed E-state index contributed by atoms with van der Waals surface area (Å²) >= 11 is 0. The Hall–Kier alpha value is -2.89. The average molecular weight is 320 g/mol. The van der Waals surface area contributed by atoms with E-state index in [4.69, 9.17) is 4.99 Å². The molecular formula is C18H20N6. The van der Waals surface area contributed by atoms with Gasteiger partial charge in [-0.1, -0.05) is 24.3 Å². The van der Waals surface area contributed by atoms with Crippen molar-refractivity contribution in [1.82, 2.24) is 19.9 Å². The molecular weight excluding hydrogens is 300 g/mol. The number of nitrogens with one attached hydrogen (secondary N) is 1. The van der Waals surface area contributed by atoms with E-state index in [0.29, 0.717) is 6.54 Å². The summed E-state index contributed by atoms with van der Waals surface area (Å²) in [6.07, 6.45) is 3.02. The van der Waals surface area contributed by atoms with Gasteiger partial charge < -0.3 is 10.2 Å². The molecule has 24 heavy (non-hydrogen) atoms. The number of pyridine rings is 1. The summed E-state index contributed by atoms with van der Waals surface area (Å²) in [7, 11) is 0. The van der Waals surface area contributed by atoms with Gasteiger partial charge in [-0.3, -0.25) is 4.40 Å². The number of para-hydroxylation sites is 1. The van der Waals surface area contributed by atoms with Gasteiger partial charge >= 0.3 is 0 Å². The number of nitrogens with zero attached hydrogens (tertiary/aromatic N) is 5. The SMILES string of the molecule is CCNC(=NCc1nnc2ccccn12)N1CCc2ccccc21. The lowest BCUT2D eigenvalue weighted by Crippen LogP contribution is -2.40.